The van der Waals surface area contributed by atoms with Gasteiger partial charge in [0.25, 0.3) is 0 Å². The quantitative estimate of drug-likeness (QED) is 0.634. The van der Waals surface area contributed by atoms with E-state index in [9.17, 15) is 4.79 Å². The SMILES string of the molecule is CCn1nc(-c2ncc(C)n2CC2CC2)c2c1CCN(C(=O)Nc1cccc(OC)c1)C2. The topological polar surface area (TPSA) is 77.2 Å². The van der Waals surface area contributed by atoms with Crippen LogP contribution in [0, 0.1) is 12.8 Å². The van der Waals surface area contributed by atoms with Crippen molar-refractivity contribution in [2.45, 2.75) is 52.7 Å². The maximum atomic E-state index is 13.1. The highest BCUT2D eigenvalue weighted by molar-refractivity contribution is 5.89. The Morgan fingerprint density at radius 3 is 2.91 bits per heavy atom. The number of fused-ring (bicyclic) bond motifs is 1. The first-order valence-corrected chi connectivity index (χ1v) is 11.4. The van der Waals surface area contributed by atoms with E-state index in [2.05, 4.69) is 28.4 Å². The van der Waals surface area contributed by atoms with Gasteiger partial charge in [0.15, 0.2) is 5.82 Å². The van der Waals surface area contributed by atoms with Crippen molar-refractivity contribution in [1.82, 2.24) is 24.2 Å². The molecule has 168 valence electrons. The molecule has 0 saturated heterocycles. The smallest absolute Gasteiger partial charge is 0.322 e. The van der Waals surface area contributed by atoms with Crippen molar-refractivity contribution in [3.05, 3.63) is 47.4 Å². The third-order valence-electron chi connectivity index (χ3n) is 6.45. The van der Waals surface area contributed by atoms with Crippen LogP contribution in [0.5, 0.6) is 5.75 Å². The van der Waals surface area contributed by atoms with Crippen molar-refractivity contribution in [1.29, 1.82) is 0 Å². The molecule has 0 unspecified atom stereocenters. The first-order valence-electron chi connectivity index (χ1n) is 11.4. The number of nitrogens with one attached hydrogen (secondary N) is 1. The normalized spacial score (nSPS) is 15.5. The molecular weight excluding hydrogens is 404 g/mol. The fourth-order valence-corrected chi connectivity index (χ4v) is 4.45. The predicted octanol–water partition coefficient (Wildman–Crippen LogP) is 4.08. The van der Waals surface area contributed by atoms with Crippen molar-refractivity contribution < 1.29 is 9.53 Å². The number of nitrogens with zero attached hydrogens (tertiary/aromatic N) is 5. The highest BCUT2D eigenvalue weighted by atomic mass is 16.5. The van der Waals surface area contributed by atoms with E-state index in [1.54, 1.807) is 7.11 Å². The van der Waals surface area contributed by atoms with E-state index in [4.69, 9.17) is 14.8 Å². The summed E-state index contributed by atoms with van der Waals surface area (Å²) in [4.78, 5) is 19.6. The minimum Gasteiger partial charge on any atom is -0.497 e. The Bertz CT molecular complexity index is 1140. The number of aromatic nitrogens is 4. The van der Waals surface area contributed by atoms with Gasteiger partial charge in [-0.25, -0.2) is 9.78 Å². The number of methoxy groups -OCH3 is 1. The molecular formula is C24H30N6O2. The fraction of sp³-hybridized carbons (Fsp3) is 0.458. The van der Waals surface area contributed by atoms with Crippen LogP contribution in [0.3, 0.4) is 0 Å². The van der Waals surface area contributed by atoms with Gasteiger partial charge in [0.2, 0.25) is 0 Å². The van der Waals surface area contributed by atoms with E-state index < -0.39 is 0 Å². The summed E-state index contributed by atoms with van der Waals surface area (Å²) in [6.45, 7) is 7.20. The Morgan fingerprint density at radius 1 is 1.31 bits per heavy atom. The average Bonchev–Trinajstić information content (AvgIpc) is 3.46. The molecule has 1 aromatic carbocycles. The van der Waals surface area contributed by atoms with Gasteiger partial charge in [0.05, 0.1) is 13.7 Å². The number of hydrogen-bond acceptors (Lipinski definition) is 4. The first-order chi connectivity index (χ1) is 15.6. The number of imidazole rings is 1. The van der Waals surface area contributed by atoms with Crippen molar-refractivity contribution in [2.24, 2.45) is 5.92 Å². The lowest BCUT2D eigenvalue weighted by Gasteiger charge is -2.28. The highest BCUT2D eigenvalue weighted by Crippen LogP contribution is 2.35. The van der Waals surface area contributed by atoms with Gasteiger partial charge < -0.3 is 19.5 Å². The molecule has 2 aliphatic rings. The molecule has 1 N–H and O–H groups in total. The number of benzene rings is 1. The average molecular weight is 435 g/mol. The van der Waals surface area contributed by atoms with Crippen LogP contribution in [0.15, 0.2) is 30.5 Å². The molecule has 8 heteroatoms. The molecule has 0 atom stereocenters. The lowest BCUT2D eigenvalue weighted by Crippen LogP contribution is -2.39. The van der Waals surface area contributed by atoms with Crippen molar-refractivity contribution in [3.8, 4) is 17.3 Å². The van der Waals surface area contributed by atoms with Crippen molar-refractivity contribution in [3.63, 3.8) is 0 Å². The van der Waals surface area contributed by atoms with Crippen LogP contribution in [0.1, 0.15) is 36.7 Å². The molecule has 5 rings (SSSR count). The third-order valence-corrected chi connectivity index (χ3v) is 6.45. The van der Waals surface area contributed by atoms with E-state index in [1.807, 2.05) is 35.4 Å². The number of carbonyl (C=O) groups is 1. The second kappa shape index (κ2) is 8.33. The van der Waals surface area contributed by atoms with Gasteiger partial charge in [-0.15, -0.1) is 0 Å². The molecule has 1 fully saturated rings. The van der Waals surface area contributed by atoms with Gasteiger partial charge >= 0.3 is 6.03 Å². The number of amides is 2. The van der Waals surface area contributed by atoms with E-state index in [0.29, 0.717) is 18.8 Å². The maximum absolute atomic E-state index is 13.1. The number of carbonyl (C=O) groups excluding carboxylic acids is 1. The Balaban J connectivity index is 1.42. The third kappa shape index (κ3) is 3.85. The van der Waals surface area contributed by atoms with Crippen molar-refractivity contribution >= 4 is 11.7 Å². The monoisotopic (exact) mass is 434 g/mol. The van der Waals surface area contributed by atoms with E-state index in [0.717, 1.165) is 53.9 Å². The summed E-state index contributed by atoms with van der Waals surface area (Å²) >= 11 is 0. The predicted molar refractivity (Wildman–Crippen MR) is 123 cm³/mol. The number of anilines is 1. The maximum Gasteiger partial charge on any atom is 0.322 e. The number of ether oxygens (including phenoxy) is 1. The summed E-state index contributed by atoms with van der Waals surface area (Å²) < 4.78 is 9.65. The van der Waals surface area contributed by atoms with Gasteiger partial charge in [0, 0.05) is 61.0 Å². The van der Waals surface area contributed by atoms with Gasteiger partial charge in [-0.1, -0.05) is 6.07 Å². The second-order valence-corrected chi connectivity index (χ2v) is 8.70. The Morgan fingerprint density at radius 2 is 2.16 bits per heavy atom. The minimum atomic E-state index is -0.114. The first kappa shape index (κ1) is 20.6. The lowest BCUT2D eigenvalue weighted by atomic mass is 10.0. The molecule has 1 aliphatic heterocycles. The molecule has 3 heterocycles. The van der Waals surface area contributed by atoms with Gasteiger partial charge in [-0.05, 0) is 44.7 Å². The molecule has 0 radical (unpaired) electrons. The van der Waals surface area contributed by atoms with Crippen LogP contribution in [-0.2, 0) is 26.1 Å². The molecule has 32 heavy (non-hydrogen) atoms. The van der Waals surface area contributed by atoms with Crippen LogP contribution < -0.4 is 10.1 Å². The Kier molecular flexibility index (Phi) is 5.36. The standard InChI is InChI=1S/C24H30N6O2/c1-4-30-21-10-11-28(24(31)26-18-6-5-7-19(12-18)32-3)15-20(21)22(27-30)23-25-13-16(2)29(23)14-17-8-9-17/h5-7,12-13,17H,4,8-11,14-15H2,1-3H3,(H,26,31). The Labute approximate surface area is 188 Å². The number of hydrogen-bond donors (Lipinski definition) is 1. The van der Waals surface area contributed by atoms with Crippen LogP contribution in [0.4, 0.5) is 10.5 Å². The summed E-state index contributed by atoms with van der Waals surface area (Å²) in [5.74, 6) is 2.39. The van der Waals surface area contributed by atoms with Crippen LogP contribution in [0.25, 0.3) is 11.5 Å². The summed E-state index contributed by atoms with van der Waals surface area (Å²) in [5.41, 5.74) is 5.12. The zero-order chi connectivity index (χ0) is 22.2. The summed E-state index contributed by atoms with van der Waals surface area (Å²) in [5, 5.41) is 7.95. The van der Waals surface area contributed by atoms with E-state index in [1.165, 1.54) is 18.5 Å². The van der Waals surface area contributed by atoms with Gasteiger partial charge in [-0.3, -0.25) is 4.68 Å². The molecule has 0 bridgehead atoms. The summed E-state index contributed by atoms with van der Waals surface area (Å²) in [7, 11) is 1.62. The molecule has 2 aromatic heterocycles. The van der Waals surface area contributed by atoms with E-state index >= 15 is 0 Å². The molecule has 8 nitrogen and oxygen atoms in total. The largest absolute Gasteiger partial charge is 0.497 e. The summed E-state index contributed by atoms with van der Waals surface area (Å²) in [6.07, 6.45) is 5.29. The molecule has 1 aliphatic carbocycles. The molecule has 0 spiro atoms. The second-order valence-electron chi connectivity index (χ2n) is 8.70. The van der Waals surface area contributed by atoms with Crippen molar-refractivity contribution in [2.75, 3.05) is 19.0 Å². The zero-order valence-electron chi connectivity index (χ0n) is 19.0. The number of urea groups is 1. The van der Waals surface area contributed by atoms with Crippen LogP contribution in [-0.4, -0.2) is 43.9 Å². The number of rotatable bonds is 6. The minimum absolute atomic E-state index is 0.114. The number of aryl methyl sites for hydroxylation is 2. The molecule has 2 amide bonds. The summed E-state index contributed by atoms with van der Waals surface area (Å²) in [6, 6.07) is 7.31. The fourth-order valence-electron chi connectivity index (χ4n) is 4.45. The lowest BCUT2D eigenvalue weighted by molar-refractivity contribution is 0.205. The highest BCUT2D eigenvalue weighted by Gasteiger charge is 2.31. The van der Waals surface area contributed by atoms with E-state index in [-0.39, 0.29) is 6.03 Å². The zero-order valence-corrected chi connectivity index (χ0v) is 19.0. The van der Waals surface area contributed by atoms with Crippen LogP contribution >= 0.6 is 0 Å². The van der Waals surface area contributed by atoms with Gasteiger partial charge in [-0.2, -0.15) is 5.10 Å². The molecule has 1 saturated carbocycles. The Hall–Kier alpha value is -3.29. The van der Waals surface area contributed by atoms with Gasteiger partial charge in [0.1, 0.15) is 11.4 Å². The van der Waals surface area contributed by atoms with Crippen LogP contribution in [0.2, 0.25) is 0 Å². The molecule has 3 aromatic rings.